The van der Waals surface area contributed by atoms with E-state index in [2.05, 4.69) is 71.2 Å². The van der Waals surface area contributed by atoms with E-state index in [1.807, 2.05) is 41.5 Å². The highest BCUT2D eigenvalue weighted by molar-refractivity contribution is 5.79. The Balaban J connectivity index is -0.000000695. The van der Waals surface area contributed by atoms with Crippen molar-refractivity contribution in [2.45, 2.75) is 82.1 Å². The molecule has 1 aromatic rings. The van der Waals surface area contributed by atoms with Crippen molar-refractivity contribution in [2.75, 3.05) is 0 Å². The van der Waals surface area contributed by atoms with Gasteiger partial charge in [0.15, 0.2) is 0 Å². The van der Waals surface area contributed by atoms with Crippen LogP contribution in [0, 0.1) is 18.8 Å². The van der Waals surface area contributed by atoms with E-state index in [-0.39, 0.29) is 0 Å². The number of carbonyl (C=O) groups is 1. The number of aldehydes is 1. The summed E-state index contributed by atoms with van der Waals surface area (Å²) in [7, 11) is 0. The van der Waals surface area contributed by atoms with E-state index in [0.717, 1.165) is 12.7 Å². The Bertz CT molecular complexity index is 558. The molecule has 0 fully saturated rings. The van der Waals surface area contributed by atoms with E-state index in [1.165, 1.54) is 27.8 Å². The molecule has 1 nitrogen and oxygen atoms in total. The lowest BCUT2D eigenvalue weighted by molar-refractivity contribution is -0.107. The number of allylic oxidation sites excluding steroid dienone is 4. The molecule has 0 aliphatic heterocycles. The van der Waals surface area contributed by atoms with Gasteiger partial charge in [0.05, 0.1) is 0 Å². The van der Waals surface area contributed by atoms with Crippen molar-refractivity contribution in [3.05, 3.63) is 65.8 Å². The number of hydrogen-bond donors (Lipinski definition) is 0. The van der Waals surface area contributed by atoms with Crippen LogP contribution >= 0.6 is 0 Å². The van der Waals surface area contributed by atoms with E-state index in [0.29, 0.717) is 18.3 Å². The van der Waals surface area contributed by atoms with E-state index in [9.17, 15) is 4.79 Å². The van der Waals surface area contributed by atoms with E-state index < -0.39 is 0 Å². The molecule has 0 spiro atoms. The largest absolute Gasteiger partial charge is 0.303 e. The second kappa shape index (κ2) is 19.9. The smallest absolute Gasteiger partial charge is 0.124 e. The molecule has 28 heavy (non-hydrogen) atoms. The summed E-state index contributed by atoms with van der Waals surface area (Å²) >= 11 is 0. The van der Waals surface area contributed by atoms with Crippen LogP contribution in [0.1, 0.15) is 86.3 Å². The molecule has 1 atom stereocenters. The van der Waals surface area contributed by atoms with E-state index in [4.69, 9.17) is 0 Å². The maximum atomic E-state index is 10.9. The Morgan fingerprint density at radius 2 is 1.43 bits per heavy atom. The summed E-state index contributed by atoms with van der Waals surface area (Å²) in [6.45, 7) is 26.9. The lowest BCUT2D eigenvalue weighted by atomic mass is 9.75. The van der Waals surface area contributed by atoms with Crippen molar-refractivity contribution in [3.63, 3.8) is 0 Å². The molecule has 160 valence electrons. The summed E-state index contributed by atoms with van der Waals surface area (Å²) in [5.41, 5.74) is 6.58. The summed E-state index contributed by atoms with van der Waals surface area (Å²) in [5, 5.41) is 0. The van der Waals surface area contributed by atoms with Crippen molar-refractivity contribution in [1.82, 2.24) is 0 Å². The first-order valence-electron chi connectivity index (χ1n) is 10.9. The number of aryl methyl sites for hydroxylation is 1. The third-order valence-corrected chi connectivity index (χ3v) is 4.32. The van der Waals surface area contributed by atoms with Gasteiger partial charge < -0.3 is 4.79 Å². The van der Waals surface area contributed by atoms with Gasteiger partial charge >= 0.3 is 0 Å². The molecule has 1 heteroatoms. The van der Waals surface area contributed by atoms with Gasteiger partial charge in [0, 0.05) is 6.42 Å². The van der Waals surface area contributed by atoms with Crippen molar-refractivity contribution in [3.8, 4) is 0 Å². The number of rotatable bonds is 4. The second-order valence-corrected chi connectivity index (χ2v) is 6.19. The lowest BCUT2D eigenvalue weighted by Crippen LogP contribution is -2.16. The van der Waals surface area contributed by atoms with Gasteiger partial charge in [-0.05, 0) is 43.2 Å². The van der Waals surface area contributed by atoms with Crippen LogP contribution in [-0.4, -0.2) is 6.29 Å². The first-order valence-corrected chi connectivity index (χ1v) is 10.9. The van der Waals surface area contributed by atoms with Crippen LogP contribution in [0.15, 0.2) is 54.6 Å². The molecule has 1 unspecified atom stereocenters. The topological polar surface area (TPSA) is 17.1 Å². The van der Waals surface area contributed by atoms with Crippen molar-refractivity contribution < 1.29 is 4.79 Å². The highest BCUT2D eigenvalue weighted by atomic mass is 16.1. The predicted octanol–water partition coefficient (Wildman–Crippen LogP) is 8.84. The quantitative estimate of drug-likeness (QED) is 0.373. The molecule has 0 bridgehead atoms. The van der Waals surface area contributed by atoms with Crippen LogP contribution < -0.4 is 0 Å². The molecule has 0 N–H and O–H groups in total. The fraction of sp³-hybridized carbons (Fsp3) is 0.519. The molecule has 0 radical (unpaired) electrons. The van der Waals surface area contributed by atoms with Crippen LogP contribution in [0.25, 0.3) is 5.57 Å². The standard InChI is InChI=1S/C19H24O.3C2H6.C2H4/c1-13(2)18-11-16(9-10-20)12-19(15(18)4)17-7-5-14(3)6-8-17;4*1-2/h5-8,10,12-13,18H,9,11H2,1-4H3;3*1-2H3;1-2H2. The minimum absolute atomic E-state index is 0.547. The fourth-order valence-corrected chi connectivity index (χ4v) is 3.04. The Labute approximate surface area is 176 Å². The number of benzene rings is 1. The molecule has 0 heterocycles. The molecule has 0 aromatic heterocycles. The normalized spacial score (nSPS) is 14.5. The molecule has 1 aliphatic carbocycles. The van der Waals surface area contributed by atoms with Crippen LogP contribution in [0.5, 0.6) is 0 Å². The summed E-state index contributed by atoms with van der Waals surface area (Å²) in [4.78, 5) is 10.9. The first kappa shape index (κ1) is 30.8. The fourth-order valence-electron chi connectivity index (χ4n) is 3.04. The van der Waals surface area contributed by atoms with Gasteiger partial charge in [-0.2, -0.15) is 0 Å². The van der Waals surface area contributed by atoms with Crippen LogP contribution in [-0.2, 0) is 4.79 Å². The van der Waals surface area contributed by atoms with Crippen LogP contribution in [0.3, 0.4) is 0 Å². The van der Waals surface area contributed by atoms with Crippen molar-refractivity contribution >= 4 is 11.9 Å². The highest BCUT2D eigenvalue weighted by Gasteiger charge is 2.24. The summed E-state index contributed by atoms with van der Waals surface area (Å²) in [6, 6.07) is 8.68. The molecule has 0 amide bonds. The van der Waals surface area contributed by atoms with Gasteiger partial charge in [-0.1, -0.05) is 102 Å². The van der Waals surface area contributed by atoms with Gasteiger partial charge in [0.1, 0.15) is 6.29 Å². The van der Waals surface area contributed by atoms with Gasteiger partial charge in [0.25, 0.3) is 0 Å². The van der Waals surface area contributed by atoms with Gasteiger partial charge in [-0.25, -0.2) is 0 Å². The van der Waals surface area contributed by atoms with Gasteiger partial charge in [0.2, 0.25) is 0 Å². The highest BCUT2D eigenvalue weighted by Crippen LogP contribution is 2.39. The molecule has 0 saturated carbocycles. The molecule has 0 saturated heterocycles. The zero-order chi connectivity index (χ0) is 22.7. The molecule has 1 aliphatic rings. The third-order valence-electron chi connectivity index (χ3n) is 4.32. The first-order chi connectivity index (χ1) is 13.5. The SMILES string of the molecule is C=C.CC.CC.CC.CC1=C(c2ccc(C)cc2)C=C(CC=O)CC1C(C)C. The number of carbonyl (C=O) groups excluding carboxylic acids is 1. The predicted molar refractivity (Wildman–Crippen MR) is 131 cm³/mol. The van der Waals surface area contributed by atoms with Gasteiger partial charge in [-0.15, -0.1) is 13.2 Å². The average Bonchev–Trinajstić information content (AvgIpc) is 2.76. The Hall–Kier alpha value is -1.89. The van der Waals surface area contributed by atoms with E-state index in [1.54, 1.807) is 0 Å². The molecular weight excluding hydrogens is 340 g/mol. The van der Waals surface area contributed by atoms with E-state index >= 15 is 0 Å². The monoisotopic (exact) mass is 386 g/mol. The van der Waals surface area contributed by atoms with Gasteiger partial charge in [-0.3, -0.25) is 0 Å². The zero-order valence-electron chi connectivity index (χ0n) is 20.4. The third kappa shape index (κ3) is 10.4. The molecular formula is C27H46O. The lowest BCUT2D eigenvalue weighted by Gasteiger charge is -2.29. The van der Waals surface area contributed by atoms with Crippen molar-refractivity contribution in [1.29, 1.82) is 0 Å². The van der Waals surface area contributed by atoms with Crippen molar-refractivity contribution in [2.24, 2.45) is 11.8 Å². The zero-order valence-corrected chi connectivity index (χ0v) is 20.4. The Kier molecular flexibility index (Phi) is 21.9. The number of hydrogen-bond acceptors (Lipinski definition) is 1. The van der Waals surface area contributed by atoms with Crippen LogP contribution in [0.4, 0.5) is 0 Å². The Morgan fingerprint density at radius 1 is 0.964 bits per heavy atom. The summed E-state index contributed by atoms with van der Waals surface area (Å²) in [5.74, 6) is 1.15. The molecule has 1 aromatic carbocycles. The maximum Gasteiger partial charge on any atom is 0.124 e. The Morgan fingerprint density at radius 3 is 1.82 bits per heavy atom. The van der Waals surface area contributed by atoms with Crippen LogP contribution in [0.2, 0.25) is 0 Å². The minimum atomic E-state index is 0.547. The maximum absolute atomic E-state index is 10.9. The second-order valence-electron chi connectivity index (χ2n) is 6.19. The molecule has 2 rings (SSSR count). The summed E-state index contributed by atoms with van der Waals surface area (Å²) in [6.07, 6.45) is 4.84. The minimum Gasteiger partial charge on any atom is -0.303 e. The average molecular weight is 387 g/mol. The summed E-state index contributed by atoms with van der Waals surface area (Å²) < 4.78 is 0.